The van der Waals surface area contributed by atoms with Crippen LogP contribution in [0.5, 0.6) is 0 Å². The average Bonchev–Trinajstić information content (AvgIpc) is 3.24. The highest BCUT2D eigenvalue weighted by Crippen LogP contribution is 2.80. The number of nitrogens with zero attached hydrogens (tertiary/aromatic N) is 5. The highest BCUT2D eigenvalue weighted by Gasteiger charge is 2.82. The van der Waals surface area contributed by atoms with Gasteiger partial charge in [0.2, 0.25) is 0 Å². The van der Waals surface area contributed by atoms with E-state index in [1.807, 2.05) is 0 Å². The Labute approximate surface area is 201 Å². The van der Waals surface area contributed by atoms with E-state index in [1.54, 1.807) is 0 Å². The van der Waals surface area contributed by atoms with Crippen LogP contribution in [0, 0.1) is 28.4 Å². The van der Waals surface area contributed by atoms with Crippen LogP contribution in [0.1, 0.15) is 42.4 Å². The Morgan fingerprint density at radius 2 is 1.69 bits per heavy atom. The van der Waals surface area contributed by atoms with Crippen molar-refractivity contribution in [3.05, 3.63) is 77.1 Å². The predicted octanol–water partition coefficient (Wildman–Crippen LogP) is 4.60. The van der Waals surface area contributed by atoms with E-state index in [0.717, 1.165) is 23.1 Å². The summed E-state index contributed by atoms with van der Waals surface area (Å²) in [5, 5.41) is 30.2. The van der Waals surface area contributed by atoms with E-state index >= 15 is 8.78 Å². The maximum absolute atomic E-state index is 16.2. The smallest absolute Gasteiger partial charge is 0.287 e. The number of aliphatic hydroxyl groups is 1. The molecule has 2 aromatic carbocycles. The largest absolute Gasteiger partial charge is 0.377 e. The number of halogens is 6. The van der Waals surface area contributed by atoms with Gasteiger partial charge in [-0.2, -0.15) is 5.26 Å². The van der Waals surface area contributed by atoms with Gasteiger partial charge in [0.25, 0.3) is 11.8 Å². The lowest BCUT2D eigenvalue weighted by Gasteiger charge is -2.74. The van der Waals surface area contributed by atoms with Gasteiger partial charge in [0.15, 0.2) is 5.60 Å². The molecule has 1 atom stereocenters. The minimum Gasteiger partial charge on any atom is -0.377 e. The van der Waals surface area contributed by atoms with Crippen LogP contribution in [0.4, 0.5) is 26.3 Å². The fourth-order valence-electron chi connectivity index (χ4n) is 5.80. The molecule has 1 aromatic heterocycles. The van der Waals surface area contributed by atoms with Gasteiger partial charge in [0.1, 0.15) is 24.4 Å². The number of aromatic nitrogens is 4. The maximum Gasteiger partial charge on any atom is 0.287 e. The van der Waals surface area contributed by atoms with E-state index in [2.05, 4.69) is 15.5 Å². The fourth-order valence-corrected chi connectivity index (χ4v) is 5.80. The summed E-state index contributed by atoms with van der Waals surface area (Å²) < 4.78 is 89.3. The second-order valence-electron chi connectivity index (χ2n) is 9.77. The van der Waals surface area contributed by atoms with Crippen LogP contribution in [0.25, 0.3) is 0 Å². The molecule has 0 spiro atoms. The Balaban J connectivity index is 1.44. The molecule has 0 aliphatic heterocycles. The average molecular weight is 507 g/mol. The van der Waals surface area contributed by atoms with Gasteiger partial charge in [-0.25, -0.2) is 31.0 Å². The summed E-state index contributed by atoms with van der Waals surface area (Å²) in [5.41, 5.74) is -6.03. The van der Waals surface area contributed by atoms with Crippen molar-refractivity contribution in [3.63, 3.8) is 0 Å². The molecular formula is C24H19F6N5O. The first-order chi connectivity index (χ1) is 16.9. The molecular weight excluding hydrogens is 488 g/mol. The standard InChI is InChI=1S/C24H19F6N5O/c25-17-5-6-18(19(26)9-17)22(36,13-35-14-32-33-34-35)24(29,30)21-10-20(11-21,12-21)15-1-3-16(4-2-15)23(27,28)7-8-31/h1-6,9,14,36H,7,10-13H2/t20?,21?,22-/m0/s1. The zero-order valence-corrected chi connectivity index (χ0v) is 18.6. The number of hydrogen-bond donors (Lipinski definition) is 1. The zero-order chi connectivity index (χ0) is 26.0. The molecule has 0 radical (unpaired) electrons. The molecule has 3 saturated carbocycles. The Morgan fingerprint density at radius 1 is 1.03 bits per heavy atom. The van der Waals surface area contributed by atoms with Crippen molar-refractivity contribution in [2.75, 3.05) is 0 Å². The molecule has 3 aliphatic carbocycles. The van der Waals surface area contributed by atoms with Crippen LogP contribution in [0.15, 0.2) is 48.8 Å². The van der Waals surface area contributed by atoms with E-state index < -0.39 is 58.4 Å². The normalized spacial score (nSPS) is 24.8. The van der Waals surface area contributed by atoms with Gasteiger partial charge in [0.05, 0.1) is 12.6 Å². The first kappa shape index (κ1) is 24.2. The van der Waals surface area contributed by atoms with Crippen molar-refractivity contribution in [1.29, 1.82) is 5.26 Å². The quantitative estimate of drug-likeness (QED) is 0.451. The van der Waals surface area contributed by atoms with Crippen molar-refractivity contribution in [2.45, 2.75) is 55.1 Å². The molecule has 1 N–H and O–H groups in total. The Kier molecular flexibility index (Phi) is 5.23. The second kappa shape index (κ2) is 7.77. The van der Waals surface area contributed by atoms with Gasteiger partial charge in [0, 0.05) is 22.6 Å². The lowest BCUT2D eigenvalue weighted by atomic mass is 9.30. The molecule has 6 nitrogen and oxygen atoms in total. The van der Waals surface area contributed by atoms with E-state index in [-0.39, 0.29) is 24.8 Å². The number of tetrazole rings is 1. The Morgan fingerprint density at radius 3 is 2.25 bits per heavy atom. The summed E-state index contributed by atoms with van der Waals surface area (Å²) in [5.74, 6) is -9.53. The summed E-state index contributed by atoms with van der Waals surface area (Å²) in [7, 11) is 0. The van der Waals surface area contributed by atoms with Crippen LogP contribution in [0.3, 0.4) is 0 Å². The third-order valence-electron chi connectivity index (χ3n) is 7.60. The molecule has 3 aliphatic rings. The molecule has 6 rings (SSSR count). The number of hydrogen-bond acceptors (Lipinski definition) is 5. The van der Waals surface area contributed by atoms with Crippen molar-refractivity contribution >= 4 is 0 Å². The SMILES string of the molecule is N#CCC(F)(F)c1ccc(C23CC(C(F)(F)[C@](O)(Cn4cnnn4)c4ccc(F)cc4F)(C2)C3)cc1. The number of nitriles is 1. The highest BCUT2D eigenvalue weighted by molar-refractivity contribution is 5.44. The Hall–Kier alpha value is -3.46. The molecule has 1 heterocycles. The summed E-state index contributed by atoms with van der Waals surface area (Å²) in [6.07, 6.45) is -0.187. The molecule has 2 bridgehead atoms. The van der Waals surface area contributed by atoms with Gasteiger partial charge in [-0.05, 0) is 52.8 Å². The molecule has 36 heavy (non-hydrogen) atoms. The monoisotopic (exact) mass is 507 g/mol. The minimum atomic E-state index is -3.88. The topological polar surface area (TPSA) is 87.6 Å². The molecule has 0 saturated heterocycles. The summed E-state index contributed by atoms with van der Waals surface area (Å²) in [4.78, 5) is 0. The minimum absolute atomic E-state index is 0.0678. The van der Waals surface area contributed by atoms with Crippen molar-refractivity contribution in [3.8, 4) is 6.07 Å². The summed E-state index contributed by atoms with van der Waals surface area (Å²) in [6, 6.07) is 8.66. The van der Waals surface area contributed by atoms with Crippen LogP contribution >= 0.6 is 0 Å². The van der Waals surface area contributed by atoms with Crippen molar-refractivity contribution in [1.82, 2.24) is 20.2 Å². The van der Waals surface area contributed by atoms with Gasteiger partial charge in [-0.15, -0.1) is 5.10 Å². The third kappa shape index (κ3) is 3.32. The van der Waals surface area contributed by atoms with Crippen molar-refractivity contribution in [2.24, 2.45) is 5.41 Å². The van der Waals surface area contributed by atoms with Gasteiger partial charge in [-0.1, -0.05) is 24.3 Å². The van der Waals surface area contributed by atoms with Crippen LogP contribution in [-0.4, -0.2) is 31.2 Å². The predicted molar refractivity (Wildman–Crippen MR) is 112 cm³/mol. The first-order valence-corrected chi connectivity index (χ1v) is 11.0. The molecule has 0 unspecified atom stereocenters. The molecule has 188 valence electrons. The molecule has 12 heteroatoms. The lowest BCUT2D eigenvalue weighted by molar-refractivity contribution is -0.347. The zero-order valence-electron chi connectivity index (χ0n) is 18.6. The van der Waals surface area contributed by atoms with Crippen LogP contribution in [-0.2, 0) is 23.5 Å². The first-order valence-electron chi connectivity index (χ1n) is 11.0. The van der Waals surface area contributed by atoms with Gasteiger partial charge >= 0.3 is 0 Å². The third-order valence-corrected chi connectivity index (χ3v) is 7.60. The fraction of sp³-hybridized carbons (Fsp3) is 0.417. The van der Waals surface area contributed by atoms with Crippen LogP contribution < -0.4 is 0 Å². The van der Waals surface area contributed by atoms with Crippen LogP contribution in [0.2, 0.25) is 0 Å². The van der Waals surface area contributed by atoms with E-state index in [0.29, 0.717) is 11.6 Å². The van der Waals surface area contributed by atoms with E-state index in [4.69, 9.17) is 5.26 Å². The number of benzene rings is 2. The molecule has 3 fully saturated rings. The summed E-state index contributed by atoms with van der Waals surface area (Å²) in [6.45, 7) is -0.882. The Bertz CT molecular complexity index is 1320. The lowest BCUT2D eigenvalue weighted by Crippen LogP contribution is -2.76. The van der Waals surface area contributed by atoms with E-state index in [1.165, 1.54) is 30.3 Å². The number of rotatable bonds is 8. The van der Waals surface area contributed by atoms with Crippen molar-refractivity contribution < 1.29 is 31.4 Å². The van der Waals surface area contributed by atoms with Gasteiger partial charge in [-0.3, -0.25) is 0 Å². The maximum atomic E-state index is 16.2. The molecule has 0 amide bonds. The highest BCUT2D eigenvalue weighted by atomic mass is 19.3. The number of alkyl halides is 4. The second-order valence-corrected chi connectivity index (χ2v) is 9.77. The summed E-state index contributed by atoms with van der Waals surface area (Å²) >= 11 is 0. The molecule has 3 aromatic rings. The van der Waals surface area contributed by atoms with Gasteiger partial charge < -0.3 is 5.11 Å². The van der Waals surface area contributed by atoms with E-state index in [9.17, 15) is 22.7 Å².